The lowest BCUT2D eigenvalue weighted by Crippen LogP contribution is -2.46. The van der Waals surface area contributed by atoms with Crippen LogP contribution in [0.5, 0.6) is 5.75 Å². The van der Waals surface area contributed by atoms with Crippen LogP contribution in [-0.2, 0) is 4.74 Å². The van der Waals surface area contributed by atoms with Gasteiger partial charge >= 0.3 is 0 Å². The smallest absolute Gasteiger partial charge is 0.268 e. The van der Waals surface area contributed by atoms with E-state index in [9.17, 15) is 4.79 Å². The number of nitrogens with zero attached hydrogens (tertiary/aromatic N) is 1. The van der Waals surface area contributed by atoms with Crippen molar-refractivity contribution in [2.75, 3.05) is 33.4 Å². The molecule has 2 aliphatic heterocycles. The topological polar surface area (TPSA) is 86.8 Å². The fourth-order valence-corrected chi connectivity index (χ4v) is 4.28. The second kappa shape index (κ2) is 7.50. The zero-order valence-corrected chi connectivity index (χ0v) is 15.8. The lowest BCUT2D eigenvalue weighted by Gasteiger charge is -2.34. The van der Waals surface area contributed by atoms with Crippen LogP contribution in [0, 0.1) is 6.92 Å². The zero-order chi connectivity index (χ0) is 19.0. The molecule has 2 aromatic rings. The fourth-order valence-electron chi connectivity index (χ4n) is 4.28. The first kappa shape index (κ1) is 18.3. The summed E-state index contributed by atoms with van der Waals surface area (Å²) in [7, 11) is 1.64. The van der Waals surface area contributed by atoms with Crippen LogP contribution in [0.4, 0.5) is 0 Å². The number of methoxy groups -OCH3 is 1. The van der Waals surface area contributed by atoms with Crippen molar-refractivity contribution in [3.63, 3.8) is 0 Å². The quantitative estimate of drug-likeness (QED) is 0.738. The Bertz CT molecular complexity index is 834. The van der Waals surface area contributed by atoms with E-state index in [4.69, 9.17) is 14.6 Å². The number of aryl methyl sites for hydroxylation is 1. The number of benzene rings is 1. The molecular formula is C20H27N3O4. The minimum atomic E-state index is -0.0691. The van der Waals surface area contributed by atoms with E-state index in [1.807, 2.05) is 25.1 Å². The molecule has 1 amide bonds. The third-order valence-corrected chi connectivity index (χ3v) is 5.77. The number of carbonyl (C=O) groups is 1. The molecule has 146 valence electrons. The van der Waals surface area contributed by atoms with E-state index in [-0.39, 0.29) is 24.7 Å². The maximum absolute atomic E-state index is 12.9. The highest BCUT2D eigenvalue weighted by atomic mass is 16.5. The highest BCUT2D eigenvalue weighted by Crippen LogP contribution is 2.27. The third-order valence-electron chi connectivity index (χ3n) is 5.77. The van der Waals surface area contributed by atoms with Crippen molar-refractivity contribution < 1.29 is 19.4 Å². The first-order valence-electron chi connectivity index (χ1n) is 9.52. The number of hydrogen-bond acceptors (Lipinski definition) is 5. The predicted molar refractivity (Wildman–Crippen MR) is 102 cm³/mol. The van der Waals surface area contributed by atoms with Crippen LogP contribution in [-0.4, -0.2) is 72.5 Å². The molecule has 0 bridgehead atoms. The Kier molecular flexibility index (Phi) is 5.08. The molecule has 4 rings (SSSR count). The molecule has 0 aliphatic carbocycles. The molecule has 0 saturated carbocycles. The molecular weight excluding hydrogens is 346 g/mol. The molecule has 1 aromatic heterocycles. The van der Waals surface area contributed by atoms with E-state index in [1.54, 1.807) is 7.11 Å². The summed E-state index contributed by atoms with van der Waals surface area (Å²) >= 11 is 0. The Hall–Kier alpha value is -2.09. The fraction of sp³-hybridized carbons (Fsp3) is 0.550. The van der Waals surface area contributed by atoms with Crippen molar-refractivity contribution in [3.05, 3.63) is 29.5 Å². The average Bonchev–Trinajstić information content (AvgIpc) is 3.21. The van der Waals surface area contributed by atoms with Crippen LogP contribution < -0.4 is 10.1 Å². The van der Waals surface area contributed by atoms with Gasteiger partial charge in [-0.25, -0.2) is 0 Å². The van der Waals surface area contributed by atoms with E-state index < -0.39 is 0 Å². The summed E-state index contributed by atoms with van der Waals surface area (Å²) < 4.78 is 11.1. The maximum atomic E-state index is 12.9. The normalized spacial score (nSPS) is 25.5. The largest absolute Gasteiger partial charge is 0.497 e. The van der Waals surface area contributed by atoms with Gasteiger partial charge in [0.2, 0.25) is 0 Å². The number of aromatic nitrogens is 1. The van der Waals surface area contributed by atoms with Gasteiger partial charge in [-0.05, 0) is 43.5 Å². The lowest BCUT2D eigenvalue weighted by atomic mass is 10.1. The number of nitrogens with one attached hydrogen (secondary N) is 2. The Morgan fingerprint density at radius 1 is 1.44 bits per heavy atom. The third kappa shape index (κ3) is 3.54. The second-order valence-electron chi connectivity index (χ2n) is 7.52. The van der Waals surface area contributed by atoms with E-state index in [0.717, 1.165) is 41.7 Å². The Labute approximate surface area is 158 Å². The molecule has 0 radical (unpaired) electrons. The van der Waals surface area contributed by atoms with Crippen LogP contribution in [0.15, 0.2) is 18.2 Å². The molecule has 0 spiro atoms. The predicted octanol–water partition coefficient (Wildman–Crippen LogP) is 1.44. The Morgan fingerprint density at radius 2 is 2.30 bits per heavy atom. The van der Waals surface area contributed by atoms with Crippen LogP contribution in [0.2, 0.25) is 0 Å². The number of rotatable bonds is 5. The molecule has 2 saturated heterocycles. The van der Waals surface area contributed by atoms with Crippen LogP contribution in [0.3, 0.4) is 0 Å². The maximum Gasteiger partial charge on any atom is 0.268 e. The van der Waals surface area contributed by atoms with Crippen LogP contribution in [0.25, 0.3) is 10.9 Å². The highest BCUT2D eigenvalue weighted by Gasteiger charge is 2.38. The minimum Gasteiger partial charge on any atom is -0.497 e. The number of carbonyl (C=O) groups excluding carboxylic acids is 1. The van der Waals surface area contributed by atoms with Gasteiger partial charge in [-0.15, -0.1) is 0 Å². The number of aliphatic hydroxyl groups is 1. The van der Waals surface area contributed by atoms with Crippen molar-refractivity contribution >= 4 is 16.8 Å². The number of fused-ring (bicyclic) bond motifs is 2. The van der Waals surface area contributed by atoms with Gasteiger partial charge in [0.15, 0.2) is 0 Å². The number of morpholine rings is 1. The summed E-state index contributed by atoms with van der Waals surface area (Å²) in [5.74, 6) is 0.710. The van der Waals surface area contributed by atoms with E-state index >= 15 is 0 Å². The SMILES string of the molecule is COc1ccc2[nH]c(C(=O)N[C@H]3C[C@H]4CO[C@@H](CCO)CN4C3)c(C)c2c1. The van der Waals surface area contributed by atoms with Crippen molar-refractivity contribution in [3.8, 4) is 5.75 Å². The Balaban J connectivity index is 1.44. The Morgan fingerprint density at radius 3 is 3.07 bits per heavy atom. The molecule has 1 aromatic carbocycles. The summed E-state index contributed by atoms with van der Waals surface area (Å²) in [5, 5.41) is 13.3. The van der Waals surface area contributed by atoms with Crippen LogP contribution >= 0.6 is 0 Å². The number of H-pyrrole nitrogens is 1. The monoisotopic (exact) mass is 373 g/mol. The van der Waals surface area contributed by atoms with Gasteiger partial charge in [-0.2, -0.15) is 0 Å². The summed E-state index contributed by atoms with van der Waals surface area (Å²) in [6.07, 6.45) is 1.65. The first-order chi connectivity index (χ1) is 13.1. The van der Waals surface area contributed by atoms with Crippen molar-refractivity contribution in [1.29, 1.82) is 0 Å². The van der Waals surface area contributed by atoms with Gasteiger partial charge in [0.1, 0.15) is 11.4 Å². The van der Waals surface area contributed by atoms with Gasteiger partial charge in [-0.3, -0.25) is 9.69 Å². The van der Waals surface area contributed by atoms with E-state index in [0.29, 0.717) is 24.8 Å². The van der Waals surface area contributed by atoms with Gasteiger partial charge in [0.05, 0.1) is 19.8 Å². The van der Waals surface area contributed by atoms with Crippen molar-refractivity contribution in [2.45, 2.75) is 38.0 Å². The lowest BCUT2D eigenvalue weighted by molar-refractivity contribution is -0.0566. The van der Waals surface area contributed by atoms with Gasteiger partial charge in [-0.1, -0.05) is 0 Å². The molecule has 27 heavy (non-hydrogen) atoms. The molecule has 7 heteroatoms. The van der Waals surface area contributed by atoms with E-state index in [2.05, 4.69) is 15.2 Å². The molecule has 3 heterocycles. The van der Waals surface area contributed by atoms with Gasteiger partial charge < -0.3 is 24.9 Å². The van der Waals surface area contributed by atoms with Crippen LogP contribution in [0.1, 0.15) is 28.9 Å². The number of hydrogen-bond donors (Lipinski definition) is 3. The summed E-state index contributed by atoms with van der Waals surface area (Å²) in [6.45, 7) is 4.42. The van der Waals surface area contributed by atoms with Crippen molar-refractivity contribution in [1.82, 2.24) is 15.2 Å². The number of ether oxygens (including phenoxy) is 2. The number of aliphatic hydroxyl groups excluding tert-OH is 1. The molecule has 2 fully saturated rings. The first-order valence-corrected chi connectivity index (χ1v) is 9.52. The van der Waals surface area contributed by atoms with E-state index in [1.165, 1.54) is 0 Å². The molecule has 2 aliphatic rings. The number of aromatic amines is 1. The van der Waals surface area contributed by atoms with Crippen molar-refractivity contribution in [2.24, 2.45) is 0 Å². The molecule has 3 atom stereocenters. The molecule has 7 nitrogen and oxygen atoms in total. The summed E-state index contributed by atoms with van der Waals surface area (Å²) in [5.41, 5.74) is 2.48. The second-order valence-corrected chi connectivity index (χ2v) is 7.52. The zero-order valence-electron chi connectivity index (χ0n) is 15.8. The molecule has 3 N–H and O–H groups in total. The summed E-state index contributed by atoms with van der Waals surface area (Å²) in [4.78, 5) is 18.5. The van der Waals surface area contributed by atoms with Gasteiger partial charge in [0, 0.05) is 42.7 Å². The summed E-state index contributed by atoms with van der Waals surface area (Å²) in [6, 6.07) is 6.23. The average molecular weight is 373 g/mol. The molecule has 0 unspecified atom stereocenters. The highest BCUT2D eigenvalue weighted by molar-refractivity contribution is 6.01. The minimum absolute atomic E-state index is 0.0691. The van der Waals surface area contributed by atoms with Gasteiger partial charge in [0.25, 0.3) is 5.91 Å². The number of amides is 1. The standard InChI is InChI=1S/C20H27N3O4/c1-12-17-8-15(26-2)3-4-18(17)22-19(12)20(25)21-13-7-14-11-27-16(5-6-24)10-23(14)9-13/h3-4,8,13-14,16,22,24H,5-7,9-11H2,1-2H3,(H,21,25)/t13-,14-,16-/m0/s1.